The normalized spacial score (nSPS) is 14.1. The maximum Gasteiger partial charge on any atom is 0.254 e. The van der Waals surface area contributed by atoms with Gasteiger partial charge in [0, 0.05) is 16.5 Å². The van der Waals surface area contributed by atoms with Gasteiger partial charge in [-0.3, -0.25) is 9.59 Å². The number of carbonyl (C=O) groups excluding carboxylic acids is 2. The van der Waals surface area contributed by atoms with E-state index in [0.717, 1.165) is 14.9 Å². The maximum atomic E-state index is 14.2. The molecule has 1 aliphatic rings. The summed E-state index contributed by atoms with van der Waals surface area (Å²) >= 11 is 3.15. The number of ketones is 1. The first-order chi connectivity index (χ1) is 12.9. The fourth-order valence-corrected chi connectivity index (χ4v) is 4.55. The van der Waals surface area contributed by atoms with E-state index in [-0.39, 0.29) is 31.5 Å². The van der Waals surface area contributed by atoms with Crippen molar-refractivity contribution in [1.82, 2.24) is 5.32 Å². The highest BCUT2D eigenvalue weighted by Gasteiger charge is 2.30. The van der Waals surface area contributed by atoms with Crippen LogP contribution in [0.25, 0.3) is 0 Å². The quantitative estimate of drug-likeness (QED) is 0.424. The van der Waals surface area contributed by atoms with Crippen molar-refractivity contribution in [3.05, 3.63) is 43.6 Å². The Morgan fingerprint density at radius 3 is 2.79 bits per heavy atom. The number of Topliss-reactive ketones (excluding diaryl/α,β-unsaturated/α-hetero) is 1. The number of anilines is 2. The molecule has 1 aromatic heterocycles. The maximum absolute atomic E-state index is 14.2. The molecule has 0 bridgehead atoms. The van der Waals surface area contributed by atoms with E-state index in [1.165, 1.54) is 6.07 Å². The lowest BCUT2D eigenvalue weighted by Gasteiger charge is -2.14. The average Bonchev–Trinajstić information content (AvgIpc) is 3.01. The van der Waals surface area contributed by atoms with Crippen molar-refractivity contribution in [3.63, 3.8) is 0 Å². The van der Waals surface area contributed by atoms with Crippen LogP contribution in [-0.4, -0.2) is 41.2 Å². The molecule has 1 amide bonds. The van der Waals surface area contributed by atoms with Gasteiger partial charge in [0.1, 0.15) is 10.8 Å². The zero-order valence-corrected chi connectivity index (χ0v) is 18.7. The van der Waals surface area contributed by atoms with Crippen molar-refractivity contribution in [1.29, 1.82) is 0 Å². The van der Waals surface area contributed by atoms with Crippen LogP contribution in [0.1, 0.15) is 38.4 Å². The first-order valence-electron chi connectivity index (χ1n) is 8.38. The van der Waals surface area contributed by atoms with Crippen LogP contribution < -0.4 is 10.6 Å². The van der Waals surface area contributed by atoms with Crippen LogP contribution >= 0.6 is 47.4 Å². The number of carbonyl (C=O) groups is 2. The largest absolute Gasteiger partial charge is 0.394 e. The van der Waals surface area contributed by atoms with Crippen molar-refractivity contribution in [2.45, 2.75) is 25.4 Å². The fraction of sp³-hybridized carbons (Fsp3) is 0.333. The lowest BCUT2D eigenvalue weighted by atomic mass is 9.94. The van der Waals surface area contributed by atoms with Gasteiger partial charge in [-0.2, -0.15) is 13.5 Å². The monoisotopic (exact) mass is 538 g/mol. The number of benzene rings is 1. The van der Waals surface area contributed by atoms with Crippen molar-refractivity contribution >= 4 is 69.8 Å². The molecule has 1 heterocycles. The minimum Gasteiger partial charge on any atom is -0.394 e. The summed E-state index contributed by atoms with van der Waals surface area (Å²) in [5, 5.41) is 24.3. The fourth-order valence-electron chi connectivity index (χ4n) is 2.87. The molecule has 6 nitrogen and oxygen atoms in total. The number of nitrogens with one attached hydrogen (secondary N) is 2. The molecule has 0 radical (unpaired) electrons. The van der Waals surface area contributed by atoms with E-state index in [9.17, 15) is 19.1 Å². The molecule has 1 aromatic carbocycles. The molecule has 4 N–H and O–H groups in total. The molecule has 3 rings (SSSR count). The number of thiophene rings is 1. The van der Waals surface area contributed by atoms with Crippen molar-refractivity contribution in [2.75, 3.05) is 18.5 Å². The van der Waals surface area contributed by atoms with Gasteiger partial charge in [0.15, 0.2) is 5.78 Å². The summed E-state index contributed by atoms with van der Waals surface area (Å²) in [6.45, 7) is -0.593. The van der Waals surface area contributed by atoms with E-state index in [1.54, 1.807) is 12.1 Å². The van der Waals surface area contributed by atoms with Gasteiger partial charge >= 0.3 is 0 Å². The van der Waals surface area contributed by atoms with Gasteiger partial charge in [-0.15, -0.1) is 11.3 Å². The summed E-state index contributed by atoms with van der Waals surface area (Å²) in [5.74, 6) is -0.952. The molecule has 0 fully saturated rings. The van der Waals surface area contributed by atoms with E-state index in [1.807, 2.05) is 22.6 Å². The lowest BCUT2D eigenvalue weighted by Crippen LogP contribution is -2.34. The van der Waals surface area contributed by atoms with E-state index in [0.29, 0.717) is 40.3 Å². The number of amides is 1. The molecule has 28 heavy (non-hydrogen) atoms. The molecule has 2 aromatic rings. The number of hydrogen-bond acceptors (Lipinski definition) is 6. The van der Waals surface area contributed by atoms with Gasteiger partial charge < -0.3 is 20.8 Å². The van der Waals surface area contributed by atoms with E-state index >= 15 is 0 Å². The minimum absolute atomic E-state index is 0. The zero-order valence-electron chi connectivity index (χ0n) is 14.7. The lowest BCUT2D eigenvalue weighted by molar-refractivity contribution is 0.0802. The van der Waals surface area contributed by atoms with Gasteiger partial charge in [-0.25, -0.2) is 4.39 Å². The number of hydrogen-bond donors (Lipinski definition) is 4. The predicted molar refractivity (Wildman–Crippen MR) is 120 cm³/mol. The second-order valence-corrected chi connectivity index (χ2v) is 8.45. The number of rotatable bonds is 6. The first kappa shape index (κ1) is 23.1. The van der Waals surface area contributed by atoms with E-state index in [4.69, 9.17) is 5.11 Å². The number of halogens is 2. The highest BCUT2D eigenvalue weighted by atomic mass is 127. The second-order valence-electron chi connectivity index (χ2n) is 6.19. The zero-order chi connectivity index (χ0) is 19.6. The molecule has 0 saturated carbocycles. The molecular weight excluding hydrogens is 518 g/mol. The van der Waals surface area contributed by atoms with Gasteiger partial charge in [0.25, 0.3) is 5.91 Å². The Balaban J connectivity index is 0.00000280. The predicted octanol–water partition coefficient (Wildman–Crippen LogP) is 2.95. The summed E-state index contributed by atoms with van der Waals surface area (Å²) in [6.07, 6.45) is 0.587. The van der Waals surface area contributed by atoms with Crippen LogP contribution in [0.15, 0.2) is 18.2 Å². The Hall–Kier alpha value is -1.21. The minimum atomic E-state index is -1.07. The average molecular weight is 538 g/mol. The Morgan fingerprint density at radius 1 is 1.36 bits per heavy atom. The van der Waals surface area contributed by atoms with Crippen LogP contribution in [0, 0.1) is 9.39 Å². The molecule has 1 aliphatic carbocycles. The smallest absolute Gasteiger partial charge is 0.254 e. The van der Waals surface area contributed by atoms with Crippen molar-refractivity contribution < 1.29 is 24.2 Å². The van der Waals surface area contributed by atoms with Crippen LogP contribution in [0.5, 0.6) is 0 Å². The Morgan fingerprint density at radius 2 is 2.11 bits per heavy atom. The molecule has 1 atom stereocenters. The summed E-state index contributed by atoms with van der Waals surface area (Å²) in [6, 6.07) is 4.69. The van der Waals surface area contributed by atoms with E-state index in [2.05, 4.69) is 10.6 Å². The molecule has 10 heteroatoms. The van der Waals surface area contributed by atoms with Crippen LogP contribution in [0.2, 0.25) is 0 Å². The SMILES string of the molecule is O=C1CCCc2c1sc(Nc1ccc(I)cc1F)c2C(=O)NC[C@H](O)CO.S. The van der Waals surface area contributed by atoms with Gasteiger partial charge in [0.05, 0.1) is 28.8 Å². The highest BCUT2D eigenvalue weighted by molar-refractivity contribution is 14.1. The Labute approximate surface area is 186 Å². The van der Waals surface area contributed by atoms with Crippen LogP contribution in [0.3, 0.4) is 0 Å². The summed E-state index contributed by atoms with van der Waals surface area (Å²) in [7, 11) is 0. The third-order valence-electron chi connectivity index (χ3n) is 4.21. The molecule has 0 spiro atoms. The number of fused-ring (bicyclic) bond motifs is 1. The van der Waals surface area contributed by atoms with Gasteiger partial charge in [-0.1, -0.05) is 0 Å². The number of aliphatic hydroxyl groups excluding tert-OH is 2. The van der Waals surface area contributed by atoms with Gasteiger partial charge in [0.2, 0.25) is 0 Å². The standard InChI is InChI=1S/C18H18FIN2O4S.H2S/c19-12-6-9(20)4-5-13(12)22-18-15(17(26)21-7-10(24)8-23)11-2-1-3-14(25)16(11)27-18;/h4-6,10,22-24H,1-3,7-8H2,(H,21,26);1H2/t10-;/m0./s1. The topological polar surface area (TPSA) is 98.7 Å². The molecule has 0 saturated heterocycles. The summed E-state index contributed by atoms with van der Waals surface area (Å²) < 4.78 is 15.0. The van der Waals surface area contributed by atoms with E-state index < -0.39 is 24.4 Å². The summed E-state index contributed by atoms with van der Waals surface area (Å²) in [4.78, 5) is 25.5. The van der Waals surface area contributed by atoms with Crippen LogP contribution in [0.4, 0.5) is 15.1 Å². The van der Waals surface area contributed by atoms with Crippen LogP contribution in [-0.2, 0) is 6.42 Å². The molecular formula is C18H20FIN2O4S2. The second kappa shape index (κ2) is 10.0. The Bertz CT molecular complexity index is 891. The summed E-state index contributed by atoms with van der Waals surface area (Å²) in [5.41, 5.74) is 1.16. The highest BCUT2D eigenvalue weighted by Crippen LogP contribution is 2.40. The first-order valence-corrected chi connectivity index (χ1v) is 10.3. The van der Waals surface area contributed by atoms with Crippen molar-refractivity contribution in [2.24, 2.45) is 0 Å². The van der Waals surface area contributed by atoms with Gasteiger partial charge in [-0.05, 0) is 59.2 Å². The molecule has 152 valence electrons. The molecule has 0 aliphatic heterocycles. The van der Waals surface area contributed by atoms with Crippen molar-refractivity contribution in [3.8, 4) is 0 Å². The third-order valence-corrected chi connectivity index (χ3v) is 6.07. The molecule has 0 unspecified atom stereocenters. The Kier molecular flexibility index (Phi) is 8.25. The number of aliphatic hydroxyl groups is 2. The third kappa shape index (κ3) is 5.03.